The Bertz CT molecular complexity index is 703. The fourth-order valence-corrected chi connectivity index (χ4v) is 2.58. The molecule has 4 nitrogen and oxygen atoms in total. The average molecular weight is 329 g/mol. The molecule has 1 N–H and O–H groups in total. The van der Waals surface area contributed by atoms with Gasteiger partial charge in [0.05, 0.1) is 0 Å². The molecule has 0 aromatic heterocycles. The number of aliphatic carboxylic acids is 1. The minimum atomic E-state index is -1.07. The van der Waals surface area contributed by atoms with Gasteiger partial charge in [0.15, 0.2) is 0 Å². The normalized spacial score (nSPS) is 11.8. The van der Waals surface area contributed by atoms with E-state index in [1.165, 1.54) is 11.0 Å². The maximum absolute atomic E-state index is 13.8. The molecule has 1 unspecified atom stereocenters. The molecule has 1 amide bonds. The van der Waals surface area contributed by atoms with Gasteiger partial charge in [-0.05, 0) is 23.1 Å². The summed E-state index contributed by atoms with van der Waals surface area (Å²) in [5, 5.41) is 9.05. The number of rotatable bonds is 7. The summed E-state index contributed by atoms with van der Waals surface area (Å²) in [5.41, 5.74) is 1.31. The lowest BCUT2D eigenvalue weighted by atomic mass is 9.96. The van der Waals surface area contributed by atoms with Crippen LogP contribution >= 0.6 is 0 Å². The summed E-state index contributed by atoms with van der Waals surface area (Å²) in [6.45, 7) is 1.60. The zero-order valence-electron chi connectivity index (χ0n) is 13.5. The van der Waals surface area contributed by atoms with E-state index in [-0.39, 0.29) is 37.2 Å². The molecule has 0 aliphatic carbocycles. The van der Waals surface area contributed by atoms with Crippen molar-refractivity contribution in [1.29, 1.82) is 0 Å². The van der Waals surface area contributed by atoms with Gasteiger partial charge >= 0.3 is 5.97 Å². The van der Waals surface area contributed by atoms with Crippen LogP contribution in [0.25, 0.3) is 0 Å². The maximum atomic E-state index is 13.8. The Morgan fingerprint density at radius 1 is 1.08 bits per heavy atom. The zero-order chi connectivity index (χ0) is 17.5. The van der Waals surface area contributed by atoms with E-state index in [4.69, 9.17) is 5.11 Å². The first-order chi connectivity index (χ1) is 11.5. The highest BCUT2D eigenvalue weighted by atomic mass is 19.1. The van der Waals surface area contributed by atoms with Gasteiger partial charge in [0, 0.05) is 13.0 Å². The van der Waals surface area contributed by atoms with Crippen LogP contribution in [0.15, 0.2) is 54.6 Å². The van der Waals surface area contributed by atoms with Gasteiger partial charge in [-0.3, -0.25) is 9.59 Å². The molecule has 0 saturated heterocycles. The number of benzene rings is 2. The van der Waals surface area contributed by atoms with Gasteiger partial charge in [0.1, 0.15) is 12.4 Å². The lowest BCUT2D eigenvalue weighted by molar-refractivity contribution is -0.145. The Balaban J connectivity index is 2.09. The van der Waals surface area contributed by atoms with E-state index in [1.807, 2.05) is 30.3 Å². The van der Waals surface area contributed by atoms with E-state index in [0.29, 0.717) is 5.56 Å². The van der Waals surface area contributed by atoms with Gasteiger partial charge in [-0.25, -0.2) is 4.39 Å². The Kier molecular flexibility index (Phi) is 6.07. The summed E-state index contributed by atoms with van der Waals surface area (Å²) in [4.78, 5) is 24.9. The van der Waals surface area contributed by atoms with Gasteiger partial charge in [-0.1, -0.05) is 55.5 Å². The number of carboxylic acid groups (broad SMARTS) is 1. The summed E-state index contributed by atoms with van der Waals surface area (Å²) in [5.74, 6) is -2.06. The van der Waals surface area contributed by atoms with Crippen LogP contribution in [0.3, 0.4) is 0 Å². The van der Waals surface area contributed by atoms with Crippen molar-refractivity contribution in [2.24, 2.45) is 0 Å². The molecular weight excluding hydrogens is 309 g/mol. The van der Waals surface area contributed by atoms with E-state index in [2.05, 4.69) is 0 Å². The van der Waals surface area contributed by atoms with Crippen molar-refractivity contribution in [2.75, 3.05) is 6.54 Å². The predicted molar refractivity (Wildman–Crippen MR) is 88.9 cm³/mol. The topological polar surface area (TPSA) is 57.6 Å². The van der Waals surface area contributed by atoms with Crippen molar-refractivity contribution in [3.05, 3.63) is 71.5 Å². The first-order valence-corrected chi connectivity index (χ1v) is 7.75. The molecule has 0 radical (unpaired) electrons. The highest BCUT2D eigenvalue weighted by Crippen LogP contribution is 2.23. The lowest BCUT2D eigenvalue weighted by Gasteiger charge is -2.23. The van der Waals surface area contributed by atoms with E-state index in [0.717, 1.165) is 5.56 Å². The molecule has 2 aromatic rings. The molecule has 0 bridgehead atoms. The molecular formula is C19H20FNO3. The second-order valence-corrected chi connectivity index (χ2v) is 5.76. The van der Waals surface area contributed by atoms with Crippen molar-refractivity contribution in [3.63, 3.8) is 0 Å². The standard InChI is InChI=1S/C19H20FNO3/c1-14(16-9-5-6-10-17(16)20)11-18(22)21(13-19(23)24)12-15-7-3-2-4-8-15/h2-10,14H,11-13H2,1H3,(H,23,24). The summed E-state index contributed by atoms with van der Waals surface area (Å²) in [7, 11) is 0. The molecule has 0 aliphatic rings. The van der Waals surface area contributed by atoms with Gasteiger partial charge in [0.25, 0.3) is 0 Å². The summed E-state index contributed by atoms with van der Waals surface area (Å²) >= 11 is 0. The zero-order valence-corrected chi connectivity index (χ0v) is 13.5. The minimum absolute atomic E-state index is 0.0566. The summed E-state index contributed by atoms with van der Waals surface area (Å²) < 4.78 is 13.8. The van der Waals surface area contributed by atoms with Crippen LogP contribution < -0.4 is 0 Å². The second-order valence-electron chi connectivity index (χ2n) is 5.76. The van der Waals surface area contributed by atoms with Crippen LogP contribution in [0.2, 0.25) is 0 Å². The Morgan fingerprint density at radius 2 is 1.71 bits per heavy atom. The predicted octanol–water partition coefficient (Wildman–Crippen LogP) is 3.43. The quantitative estimate of drug-likeness (QED) is 0.846. The second kappa shape index (κ2) is 8.24. The lowest BCUT2D eigenvalue weighted by Crippen LogP contribution is -2.35. The third-order valence-electron chi connectivity index (χ3n) is 3.81. The summed E-state index contributed by atoms with van der Waals surface area (Å²) in [6.07, 6.45) is 0.0566. The molecule has 2 aromatic carbocycles. The molecule has 0 fully saturated rings. The maximum Gasteiger partial charge on any atom is 0.323 e. The fourth-order valence-electron chi connectivity index (χ4n) is 2.58. The van der Waals surface area contributed by atoms with Gasteiger partial charge < -0.3 is 10.0 Å². The molecule has 1 atom stereocenters. The highest BCUT2D eigenvalue weighted by Gasteiger charge is 2.21. The van der Waals surface area contributed by atoms with E-state index < -0.39 is 5.97 Å². The van der Waals surface area contributed by atoms with Crippen LogP contribution in [-0.2, 0) is 16.1 Å². The van der Waals surface area contributed by atoms with E-state index in [9.17, 15) is 14.0 Å². The SMILES string of the molecule is CC(CC(=O)N(CC(=O)O)Cc1ccccc1)c1ccccc1F. The number of carboxylic acids is 1. The smallest absolute Gasteiger partial charge is 0.323 e. The number of hydrogen-bond acceptors (Lipinski definition) is 2. The number of amides is 1. The molecule has 24 heavy (non-hydrogen) atoms. The van der Waals surface area contributed by atoms with Crippen LogP contribution in [0.1, 0.15) is 30.4 Å². The van der Waals surface area contributed by atoms with Crippen molar-refractivity contribution >= 4 is 11.9 Å². The molecule has 0 spiro atoms. The third-order valence-corrected chi connectivity index (χ3v) is 3.81. The number of halogens is 1. The fraction of sp³-hybridized carbons (Fsp3) is 0.263. The molecule has 0 heterocycles. The number of carbonyl (C=O) groups excluding carboxylic acids is 1. The van der Waals surface area contributed by atoms with Crippen LogP contribution in [0.4, 0.5) is 4.39 Å². The van der Waals surface area contributed by atoms with Crippen molar-refractivity contribution in [2.45, 2.75) is 25.8 Å². The van der Waals surface area contributed by atoms with E-state index in [1.54, 1.807) is 25.1 Å². The van der Waals surface area contributed by atoms with Gasteiger partial charge in [0.2, 0.25) is 5.91 Å². The van der Waals surface area contributed by atoms with Crippen LogP contribution in [0, 0.1) is 5.82 Å². The van der Waals surface area contributed by atoms with Crippen molar-refractivity contribution in [3.8, 4) is 0 Å². The minimum Gasteiger partial charge on any atom is -0.480 e. The number of carbonyl (C=O) groups is 2. The van der Waals surface area contributed by atoms with Crippen molar-refractivity contribution < 1.29 is 19.1 Å². The van der Waals surface area contributed by atoms with Crippen LogP contribution in [-0.4, -0.2) is 28.4 Å². The van der Waals surface area contributed by atoms with Crippen LogP contribution in [0.5, 0.6) is 0 Å². The van der Waals surface area contributed by atoms with E-state index >= 15 is 0 Å². The number of hydrogen-bond donors (Lipinski definition) is 1. The largest absolute Gasteiger partial charge is 0.480 e. The Hall–Kier alpha value is -2.69. The molecule has 2 rings (SSSR count). The monoisotopic (exact) mass is 329 g/mol. The Labute approximate surface area is 140 Å². The van der Waals surface area contributed by atoms with Crippen molar-refractivity contribution in [1.82, 2.24) is 4.90 Å². The first kappa shape index (κ1) is 17.7. The highest BCUT2D eigenvalue weighted by molar-refractivity contribution is 5.81. The van der Waals surface area contributed by atoms with Gasteiger partial charge in [-0.2, -0.15) is 0 Å². The Morgan fingerprint density at radius 3 is 2.33 bits per heavy atom. The third kappa shape index (κ3) is 4.91. The first-order valence-electron chi connectivity index (χ1n) is 7.75. The molecule has 0 aliphatic heterocycles. The van der Waals surface area contributed by atoms with Gasteiger partial charge in [-0.15, -0.1) is 0 Å². The average Bonchev–Trinajstić information content (AvgIpc) is 2.55. The molecule has 0 saturated carbocycles. The summed E-state index contributed by atoms with van der Waals surface area (Å²) in [6, 6.07) is 15.5. The molecule has 5 heteroatoms. The number of nitrogens with zero attached hydrogens (tertiary/aromatic N) is 1. The molecule has 126 valence electrons.